The molecule has 2 aliphatic heterocycles. The van der Waals surface area contributed by atoms with Crippen molar-refractivity contribution in [3.8, 4) is 0 Å². The second kappa shape index (κ2) is 10.2. The van der Waals surface area contributed by atoms with Gasteiger partial charge in [-0.05, 0) is 63.0 Å². The Kier molecular flexibility index (Phi) is 7.12. The van der Waals surface area contributed by atoms with Crippen LogP contribution in [0.1, 0.15) is 44.1 Å². The van der Waals surface area contributed by atoms with Crippen LogP contribution in [0.15, 0.2) is 36.5 Å². The van der Waals surface area contributed by atoms with Crippen LogP contribution in [-0.4, -0.2) is 54.7 Å². The number of likely N-dealkylation sites (tertiary alicyclic amines) is 1. The van der Waals surface area contributed by atoms with E-state index < -0.39 is 0 Å². The number of pyridine rings is 1. The molecule has 2 aromatic rings. The van der Waals surface area contributed by atoms with Crippen molar-refractivity contribution >= 4 is 16.8 Å². The van der Waals surface area contributed by atoms with Crippen molar-refractivity contribution in [1.29, 1.82) is 0 Å². The van der Waals surface area contributed by atoms with Crippen molar-refractivity contribution in [2.45, 2.75) is 51.0 Å². The van der Waals surface area contributed by atoms with Gasteiger partial charge in [-0.15, -0.1) is 0 Å². The Morgan fingerprint density at radius 3 is 2.79 bits per heavy atom. The number of benzene rings is 1. The Morgan fingerprint density at radius 1 is 1.10 bits per heavy atom. The lowest BCUT2D eigenvalue weighted by Gasteiger charge is -2.21. The summed E-state index contributed by atoms with van der Waals surface area (Å²) in [6.45, 7) is 4.75. The van der Waals surface area contributed by atoms with Crippen molar-refractivity contribution in [2.75, 3.05) is 32.8 Å². The molecule has 1 aromatic carbocycles. The molecule has 1 N–H and O–H groups in total. The lowest BCUT2D eigenvalue weighted by molar-refractivity contribution is -0.122. The maximum absolute atomic E-state index is 12.5. The predicted molar refractivity (Wildman–Crippen MR) is 116 cm³/mol. The Balaban J connectivity index is 1.27. The molecule has 0 bridgehead atoms. The fourth-order valence-corrected chi connectivity index (χ4v) is 4.68. The van der Waals surface area contributed by atoms with E-state index in [0.717, 1.165) is 24.9 Å². The molecular formula is C24H33N3O2. The van der Waals surface area contributed by atoms with Gasteiger partial charge in [-0.1, -0.05) is 31.0 Å². The van der Waals surface area contributed by atoms with Crippen LogP contribution < -0.4 is 5.32 Å². The zero-order valence-corrected chi connectivity index (χ0v) is 17.3. The average molecular weight is 396 g/mol. The third-order valence-electron chi connectivity index (χ3n) is 6.34. The van der Waals surface area contributed by atoms with Gasteiger partial charge in [-0.2, -0.15) is 0 Å². The molecule has 4 rings (SSSR count). The van der Waals surface area contributed by atoms with Crippen LogP contribution >= 0.6 is 0 Å². The zero-order valence-electron chi connectivity index (χ0n) is 17.3. The van der Waals surface area contributed by atoms with Gasteiger partial charge in [0, 0.05) is 23.9 Å². The zero-order chi connectivity index (χ0) is 19.9. The second-order valence-corrected chi connectivity index (χ2v) is 8.52. The van der Waals surface area contributed by atoms with Gasteiger partial charge >= 0.3 is 0 Å². The number of aromatic nitrogens is 1. The largest absolute Gasteiger partial charge is 0.379 e. The second-order valence-electron chi connectivity index (χ2n) is 8.52. The van der Waals surface area contributed by atoms with Crippen molar-refractivity contribution in [2.24, 2.45) is 5.92 Å². The Labute approximate surface area is 173 Å². The number of hydrogen-bond donors (Lipinski definition) is 1. The first-order chi connectivity index (χ1) is 14.3. The summed E-state index contributed by atoms with van der Waals surface area (Å²) in [6, 6.07) is 10.5. The molecule has 0 radical (unpaired) electrons. The number of nitrogens with one attached hydrogen (secondary N) is 1. The molecule has 5 heteroatoms. The maximum Gasteiger partial charge on any atom is 0.220 e. The smallest absolute Gasteiger partial charge is 0.220 e. The minimum atomic E-state index is 0.104. The van der Waals surface area contributed by atoms with Crippen LogP contribution in [0, 0.1) is 5.92 Å². The molecule has 1 aromatic heterocycles. The summed E-state index contributed by atoms with van der Waals surface area (Å²) in [5.74, 6) is 0.482. The third kappa shape index (κ3) is 5.55. The van der Waals surface area contributed by atoms with Gasteiger partial charge in [0.15, 0.2) is 0 Å². The van der Waals surface area contributed by atoms with E-state index >= 15 is 0 Å². The first-order valence-corrected chi connectivity index (χ1v) is 11.2. The first-order valence-electron chi connectivity index (χ1n) is 11.2. The van der Waals surface area contributed by atoms with Crippen molar-refractivity contribution in [3.63, 3.8) is 0 Å². The van der Waals surface area contributed by atoms with Crippen LogP contribution in [0.5, 0.6) is 0 Å². The van der Waals surface area contributed by atoms with Crippen LogP contribution in [0.4, 0.5) is 0 Å². The summed E-state index contributed by atoms with van der Waals surface area (Å²) >= 11 is 0. The lowest BCUT2D eigenvalue weighted by Crippen LogP contribution is -2.40. The highest BCUT2D eigenvalue weighted by Gasteiger charge is 2.30. The monoisotopic (exact) mass is 395 g/mol. The van der Waals surface area contributed by atoms with E-state index in [1.807, 2.05) is 18.3 Å². The molecule has 2 unspecified atom stereocenters. The topological polar surface area (TPSA) is 54.5 Å². The number of carbonyl (C=O) groups is 1. The molecule has 5 nitrogen and oxygen atoms in total. The van der Waals surface area contributed by atoms with Gasteiger partial charge < -0.3 is 15.0 Å². The number of amides is 1. The van der Waals surface area contributed by atoms with Crippen LogP contribution in [0.2, 0.25) is 0 Å². The molecule has 156 valence electrons. The molecule has 3 heterocycles. The Hall–Kier alpha value is -1.98. The minimum absolute atomic E-state index is 0.104. The number of fused-ring (bicyclic) bond motifs is 1. The van der Waals surface area contributed by atoms with Crippen LogP contribution in [-0.2, 0) is 16.0 Å². The average Bonchev–Trinajstić information content (AvgIpc) is 2.99. The van der Waals surface area contributed by atoms with Crippen molar-refractivity contribution in [3.05, 3.63) is 42.1 Å². The summed E-state index contributed by atoms with van der Waals surface area (Å²) in [6.07, 6.45) is 9.65. The van der Waals surface area contributed by atoms with Gasteiger partial charge in [-0.3, -0.25) is 9.78 Å². The van der Waals surface area contributed by atoms with Crippen molar-refractivity contribution in [1.82, 2.24) is 15.2 Å². The molecule has 2 atom stereocenters. The molecule has 1 amide bonds. The van der Waals surface area contributed by atoms with E-state index in [1.54, 1.807) is 0 Å². The highest BCUT2D eigenvalue weighted by molar-refractivity contribution is 5.82. The number of para-hydroxylation sites is 1. The van der Waals surface area contributed by atoms with Gasteiger partial charge in [0.1, 0.15) is 0 Å². The summed E-state index contributed by atoms with van der Waals surface area (Å²) in [5.41, 5.74) is 2.31. The van der Waals surface area contributed by atoms with E-state index in [4.69, 9.17) is 4.74 Å². The van der Waals surface area contributed by atoms with Gasteiger partial charge in [-0.25, -0.2) is 0 Å². The highest BCUT2D eigenvalue weighted by Crippen LogP contribution is 2.24. The predicted octanol–water partition coefficient (Wildman–Crippen LogP) is 3.56. The fourth-order valence-electron chi connectivity index (χ4n) is 4.68. The number of hydrogen-bond acceptors (Lipinski definition) is 4. The molecule has 2 fully saturated rings. The Morgan fingerprint density at radius 2 is 1.93 bits per heavy atom. The molecule has 2 saturated heterocycles. The third-order valence-corrected chi connectivity index (χ3v) is 6.34. The van der Waals surface area contributed by atoms with Crippen molar-refractivity contribution < 1.29 is 9.53 Å². The molecule has 2 aliphatic rings. The highest BCUT2D eigenvalue weighted by atomic mass is 16.5. The van der Waals surface area contributed by atoms with Crippen LogP contribution in [0.3, 0.4) is 0 Å². The summed E-state index contributed by atoms with van der Waals surface area (Å²) in [5, 5.41) is 4.45. The fraction of sp³-hybridized carbons (Fsp3) is 0.583. The van der Waals surface area contributed by atoms with Crippen LogP contribution in [0.25, 0.3) is 10.9 Å². The number of rotatable bonds is 7. The minimum Gasteiger partial charge on any atom is -0.379 e. The van der Waals surface area contributed by atoms with Gasteiger partial charge in [0.25, 0.3) is 0 Å². The van der Waals surface area contributed by atoms with E-state index in [1.165, 1.54) is 49.7 Å². The molecule has 0 saturated carbocycles. The Bertz CT molecular complexity index is 796. The van der Waals surface area contributed by atoms with E-state index in [9.17, 15) is 4.79 Å². The summed E-state index contributed by atoms with van der Waals surface area (Å²) in [7, 11) is 0. The quantitative estimate of drug-likeness (QED) is 0.779. The SMILES string of the molecule is O=C(CCCN1CCCCCC1)NC1COCC1Cc1ccnc2ccccc12. The standard InChI is InChI=1S/C24H33N3O2/c28-24(10-7-15-27-13-5-1-2-6-14-27)26-23-18-29-17-20(23)16-19-11-12-25-22-9-4-3-8-21(19)22/h3-4,8-9,11-12,20,23H,1-2,5-7,10,13-18H2,(H,26,28). The summed E-state index contributed by atoms with van der Waals surface area (Å²) in [4.78, 5) is 19.5. The van der Waals surface area contributed by atoms with Gasteiger partial charge in [0.2, 0.25) is 5.91 Å². The normalized spacial score (nSPS) is 23.2. The van der Waals surface area contributed by atoms with Gasteiger partial charge in [0.05, 0.1) is 24.8 Å². The van der Waals surface area contributed by atoms with E-state index in [-0.39, 0.29) is 11.9 Å². The maximum atomic E-state index is 12.5. The number of ether oxygens (including phenoxy) is 1. The van der Waals surface area contributed by atoms with E-state index in [2.05, 4.69) is 33.4 Å². The number of nitrogens with zero attached hydrogens (tertiary/aromatic N) is 2. The molecule has 29 heavy (non-hydrogen) atoms. The lowest BCUT2D eigenvalue weighted by atomic mass is 9.93. The molecule has 0 aliphatic carbocycles. The molecular weight excluding hydrogens is 362 g/mol. The first kappa shape index (κ1) is 20.3. The van der Waals surface area contributed by atoms with E-state index in [0.29, 0.717) is 25.6 Å². The number of carbonyl (C=O) groups excluding carboxylic acids is 1. The molecule has 0 spiro atoms. The summed E-state index contributed by atoms with van der Waals surface area (Å²) < 4.78 is 5.73.